The number of ether oxygens (including phenoxy) is 1. The Hall–Kier alpha value is -2.18. The zero-order valence-corrected chi connectivity index (χ0v) is 9.46. The van der Waals surface area contributed by atoms with Crippen LogP contribution in [0.5, 0.6) is 5.88 Å². The van der Waals surface area contributed by atoms with E-state index in [0.717, 1.165) is 0 Å². The Balaban J connectivity index is 1.84. The summed E-state index contributed by atoms with van der Waals surface area (Å²) in [6, 6.07) is 1.75. The Labute approximate surface area is 98.2 Å². The summed E-state index contributed by atoms with van der Waals surface area (Å²) in [5.74, 6) is 1.86. The molecule has 0 aromatic carbocycles. The van der Waals surface area contributed by atoms with Crippen LogP contribution in [0.25, 0.3) is 0 Å². The fraction of sp³-hybridized carbons (Fsp3) is 0.400. The van der Waals surface area contributed by atoms with Gasteiger partial charge in [-0.1, -0.05) is 5.16 Å². The molecule has 0 aliphatic rings. The van der Waals surface area contributed by atoms with Crippen molar-refractivity contribution in [3.63, 3.8) is 0 Å². The summed E-state index contributed by atoms with van der Waals surface area (Å²) in [5, 5.41) is 6.65. The van der Waals surface area contributed by atoms with Gasteiger partial charge in [0.1, 0.15) is 12.1 Å². The quantitative estimate of drug-likeness (QED) is 0.796. The van der Waals surface area contributed by atoms with E-state index in [1.54, 1.807) is 6.07 Å². The second kappa shape index (κ2) is 5.78. The highest BCUT2D eigenvalue weighted by molar-refractivity contribution is 5.36. The molecule has 0 aliphatic carbocycles. The van der Waals surface area contributed by atoms with E-state index in [0.29, 0.717) is 37.2 Å². The van der Waals surface area contributed by atoms with E-state index >= 15 is 0 Å². The lowest BCUT2D eigenvalue weighted by Crippen LogP contribution is -2.07. The Morgan fingerprint density at radius 2 is 2.24 bits per heavy atom. The van der Waals surface area contributed by atoms with Crippen LogP contribution in [0, 0.1) is 0 Å². The molecule has 0 amide bonds. The Bertz CT molecular complexity index is 446. The summed E-state index contributed by atoms with van der Waals surface area (Å²) in [7, 11) is 0. The Morgan fingerprint density at radius 1 is 1.29 bits per heavy atom. The molecule has 2 aromatic heterocycles. The molecular formula is C10H13N5O2. The third-order valence-electron chi connectivity index (χ3n) is 1.99. The van der Waals surface area contributed by atoms with Gasteiger partial charge in [0, 0.05) is 19.0 Å². The second-order valence-electron chi connectivity index (χ2n) is 3.19. The first-order chi connectivity index (χ1) is 8.38. The lowest BCUT2D eigenvalue weighted by atomic mass is 10.4. The van der Waals surface area contributed by atoms with Gasteiger partial charge in [-0.05, 0) is 6.92 Å². The molecule has 0 fully saturated rings. The molecule has 0 saturated heterocycles. The maximum atomic E-state index is 5.27. The summed E-state index contributed by atoms with van der Waals surface area (Å²) in [6.07, 6.45) is 3.49. The first-order valence-corrected chi connectivity index (χ1v) is 5.32. The maximum Gasteiger partial charge on any atom is 0.228 e. The highest BCUT2D eigenvalue weighted by Crippen LogP contribution is 2.10. The predicted molar refractivity (Wildman–Crippen MR) is 59.7 cm³/mol. The molecule has 2 rings (SSSR count). The zero-order chi connectivity index (χ0) is 11.9. The molecule has 2 aromatic rings. The van der Waals surface area contributed by atoms with Crippen LogP contribution in [-0.2, 0) is 6.42 Å². The van der Waals surface area contributed by atoms with Crippen LogP contribution in [0.15, 0.2) is 23.2 Å². The number of rotatable bonds is 6. The molecule has 0 bridgehead atoms. The summed E-state index contributed by atoms with van der Waals surface area (Å²) >= 11 is 0. The molecule has 0 spiro atoms. The van der Waals surface area contributed by atoms with Crippen molar-refractivity contribution in [2.45, 2.75) is 13.3 Å². The van der Waals surface area contributed by atoms with Crippen molar-refractivity contribution in [3.8, 4) is 5.88 Å². The molecule has 0 atom stereocenters. The predicted octanol–water partition coefficient (Wildman–Crippen LogP) is 0.913. The van der Waals surface area contributed by atoms with Crippen LogP contribution in [0.4, 0.5) is 5.82 Å². The first-order valence-electron chi connectivity index (χ1n) is 5.32. The smallest absolute Gasteiger partial charge is 0.228 e. The summed E-state index contributed by atoms with van der Waals surface area (Å²) in [6.45, 7) is 3.15. The van der Waals surface area contributed by atoms with E-state index in [1.165, 1.54) is 12.7 Å². The van der Waals surface area contributed by atoms with Crippen LogP contribution >= 0.6 is 0 Å². The van der Waals surface area contributed by atoms with Crippen molar-refractivity contribution >= 4 is 5.82 Å². The minimum absolute atomic E-state index is 0.558. The highest BCUT2D eigenvalue weighted by atomic mass is 16.5. The lowest BCUT2D eigenvalue weighted by Gasteiger charge is -2.05. The number of nitrogens with one attached hydrogen (secondary N) is 1. The minimum Gasteiger partial charge on any atom is -0.478 e. The van der Waals surface area contributed by atoms with Gasteiger partial charge < -0.3 is 14.6 Å². The lowest BCUT2D eigenvalue weighted by molar-refractivity contribution is 0.326. The normalized spacial score (nSPS) is 10.2. The van der Waals surface area contributed by atoms with Gasteiger partial charge in [0.25, 0.3) is 0 Å². The van der Waals surface area contributed by atoms with Crippen LogP contribution in [0.3, 0.4) is 0 Å². The molecule has 7 nitrogen and oxygen atoms in total. The van der Waals surface area contributed by atoms with Gasteiger partial charge >= 0.3 is 0 Å². The van der Waals surface area contributed by atoms with E-state index in [4.69, 9.17) is 9.26 Å². The van der Waals surface area contributed by atoms with Crippen LogP contribution in [-0.4, -0.2) is 33.3 Å². The third-order valence-corrected chi connectivity index (χ3v) is 1.99. The van der Waals surface area contributed by atoms with Gasteiger partial charge in [-0.3, -0.25) is 0 Å². The van der Waals surface area contributed by atoms with Crippen molar-refractivity contribution in [1.29, 1.82) is 0 Å². The molecule has 2 heterocycles. The Morgan fingerprint density at radius 3 is 3.00 bits per heavy atom. The number of nitrogens with zero attached hydrogens (tertiary/aromatic N) is 4. The molecule has 90 valence electrons. The molecule has 0 radical (unpaired) electrons. The molecular weight excluding hydrogens is 222 g/mol. The van der Waals surface area contributed by atoms with Gasteiger partial charge in [-0.2, -0.15) is 4.98 Å². The average Bonchev–Trinajstić information content (AvgIpc) is 2.83. The molecule has 0 unspecified atom stereocenters. The van der Waals surface area contributed by atoms with E-state index < -0.39 is 0 Å². The topological polar surface area (TPSA) is 86.0 Å². The van der Waals surface area contributed by atoms with Gasteiger partial charge in [0.05, 0.1) is 6.61 Å². The SMILES string of the molecule is CCOc1cc(NCCc2ncno2)ncn1. The summed E-state index contributed by atoms with van der Waals surface area (Å²) in [5.41, 5.74) is 0. The fourth-order valence-corrected chi connectivity index (χ4v) is 1.27. The van der Waals surface area contributed by atoms with E-state index in [-0.39, 0.29) is 0 Å². The van der Waals surface area contributed by atoms with Crippen LogP contribution in [0.2, 0.25) is 0 Å². The fourth-order valence-electron chi connectivity index (χ4n) is 1.27. The molecule has 7 heteroatoms. The van der Waals surface area contributed by atoms with Gasteiger partial charge in [-0.25, -0.2) is 9.97 Å². The minimum atomic E-state index is 0.558. The van der Waals surface area contributed by atoms with E-state index in [1.807, 2.05) is 6.92 Å². The number of anilines is 1. The second-order valence-corrected chi connectivity index (χ2v) is 3.19. The third kappa shape index (κ3) is 3.40. The van der Waals surface area contributed by atoms with E-state index in [9.17, 15) is 0 Å². The van der Waals surface area contributed by atoms with E-state index in [2.05, 4.69) is 25.4 Å². The van der Waals surface area contributed by atoms with Crippen molar-refractivity contribution in [1.82, 2.24) is 20.1 Å². The Kier molecular flexibility index (Phi) is 3.85. The highest BCUT2D eigenvalue weighted by Gasteiger charge is 2.01. The monoisotopic (exact) mass is 235 g/mol. The van der Waals surface area contributed by atoms with Crippen molar-refractivity contribution in [2.24, 2.45) is 0 Å². The molecule has 17 heavy (non-hydrogen) atoms. The number of hydrogen-bond donors (Lipinski definition) is 1. The van der Waals surface area contributed by atoms with Crippen molar-refractivity contribution in [2.75, 3.05) is 18.5 Å². The molecule has 1 N–H and O–H groups in total. The standard InChI is InChI=1S/C10H13N5O2/c1-2-16-10-5-8(12-6-13-10)11-4-3-9-14-7-15-17-9/h5-7H,2-4H2,1H3,(H,11,12,13). The van der Waals surface area contributed by atoms with Crippen LogP contribution in [0.1, 0.15) is 12.8 Å². The van der Waals surface area contributed by atoms with Crippen molar-refractivity contribution in [3.05, 3.63) is 24.6 Å². The van der Waals surface area contributed by atoms with Gasteiger partial charge in [0.2, 0.25) is 11.8 Å². The summed E-state index contributed by atoms with van der Waals surface area (Å²) in [4.78, 5) is 12.0. The number of hydrogen-bond acceptors (Lipinski definition) is 7. The maximum absolute atomic E-state index is 5.27. The van der Waals surface area contributed by atoms with Gasteiger partial charge in [0.15, 0.2) is 6.33 Å². The molecule has 0 aliphatic heterocycles. The largest absolute Gasteiger partial charge is 0.478 e. The molecule has 0 saturated carbocycles. The zero-order valence-electron chi connectivity index (χ0n) is 9.46. The summed E-state index contributed by atoms with van der Waals surface area (Å²) < 4.78 is 10.1. The number of aromatic nitrogens is 4. The van der Waals surface area contributed by atoms with Gasteiger partial charge in [-0.15, -0.1) is 0 Å². The first kappa shape index (κ1) is 11.3. The average molecular weight is 235 g/mol. The van der Waals surface area contributed by atoms with Crippen molar-refractivity contribution < 1.29 is 9.26 Å². The van der Waals surface area contributed by atoms with Crippen LogP contribution < -0.4 is 10.1 Å².